The van der Waals surface area contributed by atoms with Gasteiger partial charge in [-0.2, -0.15) is 0 Å². The van der Waals surface area contributed by atoms with Crippen LogP contribution in [0.3, 0.4) is 0 Å². The van der Waals surface area contributed by atoms with Gasteiger partial charge in [-0.3, -0.25) is 0 Å². The van der Waals surface area contributed by atoms with Crippen LogP contribution in [0.25, 0.3) is 0 Å². The Morgan fingerprint density at radius 1 is 0.606 bits per heavy atom. The Bertz CT molecular complexity index is 1170. The SMILES string of the molecule is Cc1c(C(=O)OCc2ccccc2)ccc(OCc2ccccc2)c1OCc1ccccc1. The Kier molecular flexibility index (Phi) is 7.39. The van der Waals surface area contributed by atoms with E-state index in [0.717, 1.165) is 16.7 Å². The van der Waals surface area contributed by atoms with Gasteiger partial charge < -0.3 is 14.2 Å². The molecule has 0 radical (unpaired) electrons. The van der Waals surface area contributed by atoms with E-state index in [9.17, 15) is 4.79 Å². The third-order valence-corrected chi connectivity index (χ3v) is 5.27. The average Bonchev–Trinajstić information content (AvgIpc) is 2.87. The van der Waals surface area contributed by atoms with E-state index in [-0.39, 0.29) is 6.61 Å². The molecule has 33 heavy (non-hydrogen) atoms. The van der Waals surface area contributed by atoms with Gasteiger partial charge in [0, 0.05) is 5.56 Å². The predicted molar refractivity (Wildman–Crippen MR) is 128 cm³/mol. The van der Waals surface area contributed by atoms with Crippen molar-refractivity contribution >= 4 is 5.97 Å². The maximum atomic E-state index is 12.8. The Hall–Kier alpha value is -4.05. The van der Waals surface area contributed by atoms with Crippen LogP contribution < -0.4 is 9.47 Å². The molecule has 4 nitrogen and oxygen atoms in total. The maximum absolute atomic E-state index is 12.8. The van der Waals surface area contributed by atoms with Crippen molar-refractivity contribution < 1.29 is 19.0 Å². The fourth-order valence-electron chi connectivity index (χ4n) is 3.45. The minimum Gasteiger partial charge on any atom is -0.485 e. The smallest absolute Gasteiger partial charge is 0.338 e. The molecule has 0 heterocycles. The molecule has 0 unspecified atom stereocenters. The molecule has 0 spiro atoms. The van der Waals surface area contributed by atoms with E-state index in [4.69, 9.17) is 14.2 Å². The van der Waals surface area contributed by atoms with Gasteiger partial charge in [0.1, 0.15) is 19.8 Å². The van der Waals surface area contributed by atoms with Crippen LogP contribution in [0, 0.1) is 6.92 Å². The topological polar surface area (TPSA) is 44.8 Å². The summed E-state index contributed by atoms with van der Waals surface area (Å²) in [6, 6.07) is 33.0. The number of ether oxygens (including phenoxy) is 3. The second-order valence-electron chi connectivity index (χ2n) is 7.68. The lowest BCUT2D eigenvalue weighted by Gasteiger charge is -2.17. The van der Waals surface area contributed by atoms with Gasteiger partial charge in [0.15, 0.2) is 11.5 Å². The molecular formula is C29H26O4. The van der Waals surface area contributed by atoms with E-state index in [0.29, 0.717) is 35.8 Å². The summed E-state index contributed by atoms with van der Waals surface area (Å²) in [6.07, 6.45) is 0. The van der Waals surface area contributed by atoms with Crippen molar-refractivity contribution in [1.82, 2.24) is 0 Å². The van der Waals surface area contributed by atoms with Crippen molar-refractivity contribution in [3.63, 3.8) is 0 Å². The van der Waals surface area contributed by atoms with Crippen LogP contribution in [0.1, 0.15) is 32.6 Å². The Morgan fingerprint density at radius 2 is 1.09 bits per heavy atom. The zero-order valence-corrected chi connectivity index (χ0v) is 18.6. The largest absolute Gasteiger partial charge is 0.485 e. The number of hydrogen-bond acceptors (Lipinski definition) is 4. The molecular weight excluding hydrogens is 412 g/mol. The number of rotatable bonds is 9. The molecule has 4 rings (SSSR count). The van der Waals surface area contributed by atoms with Crippen molar-refractivity contribution in [2.75, 3.05) is 0 Å². The number of esters is 1. The van der Waals surface area contributed by atoms with Crippen molar-refractivity contribution in [2.24, 2.45) is 0 Å². The third kappa shape index (κ3) is 6.01. The van der Waals surface area contributed by atoms with E-state index in [1.165, 1.54) is 0 Å². The van der Waals surface area contributed by atoms with Gasteiger partial charge in [0.2, 0.25) is 0 Å². The van der Waals surface area contributed by atoms with Crippen LogP contribution >= 0.6 is 0 Å². The van der Waals surface area contributed by atoms with E-state index >= 15 is 0 Å². The summed E-state index contributed by atoms with van der Waals surface area (Å²) in [4.78, 5) is 12.8. The van der Waals surface area contributed by atoms with Crippen molar-refractivity contribution in [2.45, 2.75) is 26.7 Å². The number of benzene rings is 4. The van der Waals surface area contributed by atoms with Crippen molar-refractivity contribution in [3.8, 4) is 11.5 Å². The van der Waals surface area contributed by atoms with Gasteiger partial charge >= 0.3 is 5.97 Å². The zero-order chi connectivity index (χ0) is 22.9. The number of hydrogen-bond donors (Lipinski definition) is 0. The second kappa shape index (κ2) is 11.0. The van der Waals surface area contributed by atoms with Gasteiger partial charge in [-0.15, -0.1) is 0 Å². The zero-order valence-electron chi connectivity index (χ0n) is 18.6. The van der Waals surface area contributed by atoms with E-state index in [1.54, 1.807) is 12.1 Å². The van der Waals surface area contributed by atoms with E-state index in [1.807, 2.05) is 97.9 Å². The normalized spacial score (nSPS) is 10.5. The molecule has 0 aliphatic carbocycles. The van der Waals surface area contributed by atoms with Gasteiger partial charge in [0.25, 0.3) is 0 Å². The van der Waals surface area contributed by atoms with Crippen LogP contribution in [-0.4, -0.2) is 5.97 Å². The highest BCUT2D eigenvalue weighted by Gasteiger charge is 2.19. The Labute approximate surface area is 194 Å². The molecule has 0 aliphatic rings. The Morgan fingerprint density at radius 3 is 1.64 bits per heavy atom. The van der Waals surface area contributed by atoms with Crippen LogP contribution in [0.4, 0.5) is 0 Å². The Balaban J connectivity index is 1.55. The molecule has 4 heteroatoms. The first-order chi connectivity index (χ1) is 16.2. The monoisotopic (exact) mass is 438 g/mol. The summed E-state index contributed by atoms with van der Waals surface area (Å²) < 4.78 is 17.8. The molecule has 0 amide bonds. The molecule has 0 atom stereocenters. The lowest BCUT2D eigenvalue weighted by Crippen LogP contribution is -2.10. The third-order valence-electron chi connectivity index (χ3n) is 5.27. The maximum Gasteiger partial charge on any atom is 0.338 e. The summed E-state index contributed by atoms with van der Waals surface area (Å²) in [6.45, 7) is 2.84. The number of carbonyl (C=O) groups is 1. The lowest BCUT2D eigenvalue weighted by molar-refractivity contribution is 0.0471. The molecule has 0 aromatic heterocycles. The van der Waals surface area contributed by atoms with Gasteiger partial charge in [-0.05, 0) is 35.7 Å². The van der Waals surface area contributed by atoms with Crippen LogP contribution in [0.5, 0.6) is 11.5 Å². The minimum absolute atomic E-state index is 0.214. The van der Waals surface area contributed by atoms with Gasteiger partial charge in [-0.1, -0.05) is 91.0 Å². The van der Waals surface area contributed by atoms with Crippen molar-refractivity contribution in [3.05, 3.63) is 131 Å². The summed E-state index contributed by atoms with van der Waals surface area (Å²) in [5, 5.41) is 0. The first-order valence-electron chi connectivity index (χ1n) is 10.9. The van der Waals surface area contributed by atoms with Gasteiger partial charge in [0.05, 0.1) is 5.56 Å². The molecule has 0 saturated carbocycles. The predicted octanol–water partition coefficient (Wildman–Crippen LogP) is 6.51. The lowest BCUT2D eigenvalue weighted by atomic mass is 10.1. The van der Waals surface area contributed by atoms with Crippen molar-refractivity contribution in [1.29, 1.82) is 0 Å². The molecule has 4 aromatic rings. The van der Waals surface area contributed by atoms with Crippen LogP contribution in [0.2, 0.25) is 0 Å². The average molecular weight is 439 g/mol. The molecule has 0 bridgehead atoms. The highest BCUT2D eigenvalue weighted by molar-refractivity contribution is 5.92. The second-order valence-corrected chi connectivity index (χ2v) is 7.68. The molecule has 166 valence electrons. The summed E-state index contributed by atoms with van der Waals surface area (Å²) >= 11 is 0. The fourth-order valence-corrected chi connectivity index (χ4v) is 3.45. The molecule has 0 fully saturated rings. The first-order valence-corrected chi connectivity index (χ1v) is 10.9. The van der Waals surface area contributed by atoms with E-state index in [2.05, 4.69) is 0 Å². The molecule has 4 aromatic carbocycles. The first kappa shape index (κ1) is 22.2. The number of carbonyl (C=O) groups excluding carboxylic acids is 1. The summed E-state index contributed by atoms with van der Waals surface area (Å²) in [5.41, 5.74) is 4.17. The minimum atomic E-state index is -0.393. The standard InChI is InChI=1S/C29H26O4/c1-22-26(29(30)33-21-25-15-9-4-10-16-25)17-18-27(31-19-23-11-5-2-6-12-23)28(22)32-20-24-13-7-3-8-14-24/h2-18H,19-21H2,1H3. The quantitative estimate of drug-likeness (QED) is 0.280. The fraction of sp³-hybridized carbons (Fsp3) is 0.138. The molecule has 0 N–H and O–H groups in total. The van der Waals surface area contributed by atoms with Crippen LogP contribution in [0.15, 0.2) is 103 Å². The van der Waals surface area contributed by atoms with Crippen LogP contribution in [-0.2, 0) is 24.6 Å². The molecule has 0 saturated heterocycles. The highest BCUT2D eigenvalue weighted by atomic mass is 16.5. The van der Waals surface area contributed by atoms with E-state index < -0.39 is 5.97 Å². The summed E-state index contributed by atoms with van der Waals surface area (Å²) in [7, 11) is 0. The summed E-state index contributed by atoms with van der Waals surface area (Å²) in [5.74, 6) is 0.742. The highest BCUT2D eigenvalue weighted by Crippen LogP contribution is 2.35. The molecule has 0 aliphatic heterocycles. The van der Waals surface area contributed by atoms with Gasteiger partial charge in [-0.25, -0.2) is 4.79 Å².